The molecule has 150 valence electrons. The number of hydrogen-bond donors (Lipinski definition) is 0. The summed E-state index contributed by atoms with van der Waals surface area (Å²) < 4.78 is 7.38. The molecule has 2 fully saturated rings. The van der Waals surface area contributed by atoms with Crippen molar-refractivity contribution in [3.63, 3.8) is 0 Å². The number of amides is 1. The zero-order chi connectivity index (χ0) is 19.4. The van der Waals surface area contributed by atoms with Crippen LogP contribution in [0.25, 0.3) is 0 Å². The Hall–Kier alpha value is -1.96. The number of piperidine rings is 1. The van der Waals surface area contributed by atoms with Crippen LogP contribution >= 0.6 is 0 Å². The van der Waals surface area contributed by atoms with Crippen LogP contribution in [-0.4, -0.2) is 67.9 Å². The van der Waals surface area contributed by atoms with Gasteiger partial charge in [0.05, 0.1) is 12.2 Å². The van der Waals surface area contributed by atoms with Gasteiger partial charge < -0.3 is 9.64 Å². The SMILES string of the molecule is CC(C)(C)OC(=O)C1CCCCN1Cc1cn(CCN2CCCC2=O)nn1. The van der Waals surface area contributed by atoms with Crippen molar-refractivity contribution in [2.45, 2.75) is 77.6 Å². The summed E-state index contributed by atoms with van der Waals surface area (Å²) in [6.45, 7) is 9.30. The zero-order valence-corrected chi connectivity index (χ0v) is 16.7. The van der Waals surface area contributed by atoms with E-state index in [1.807, 2.05) is 31.9 Å². The number of rotatable bonds is 6. The minimum atomic E-state index is -0.476. The van der Waals surface area contributed by atoms with Crippen molar-refractivity contribution in [2.24, 2.45) is 0 Å². The average Bonchev–Trinajstić information content (AvgIpc) is 3.20. The largest absolute Gasteiger partial charge is 0.459 e. The molecule has 0 spiro atoms. The van der Waals surface area contributed by atoms with Crippen LogP contribution in [0.15, 0.2) is 6.20 Å². The van der Waals surface area contributed by atoms with Crippen molar-refractivity contribution in [3.8, 4) is 0 Å². The van der Waals surface area contributed by atoms with E-state index in [1.54, 1.807) is 4.68 Å². The predicted octanol–water partition coefficient (Wildman–Crippen LogP) is 1.60. The molecule has 27 heavy (non-hydrogen) atoms. The van der Waals surface area contributed by atoms with Gasteiger partial charge in [-0.05, 0) is 46.6 Å². The van der Waals surface area contributed by atoms with E-state index in [2.05, 4.69) is 15.2 Å². The zero-order valence-electron chi connectivity index (χ0n) is 16.7. The molecule has 8 nitrogen and oxygen atoms in total. The van der Waals surface area contributed by atoms with Crippen LogP contribution in [0.2, 0.25) is 0 Å². The van der Waals surface area contributed by atoms with E-state index in [-0.39, 0.29) is 17.9 Å². The second kappa shape index (κ2) is 8.37. The van der Waals surface area contributed by atoms with Crippen molar-refractivity contribution in [2.75, 3.05) is 19.6 Å². The topological polar surface area (TPSA) is 80.6 Å². The van der Waals surface area contributed by atoms with Gasteiger partial charge in [-0.25, -0.2) is 0 Å². The van der Waals surface area contributed by atoms with Gasteiger partial charge in [-0.3, -0.25) is 19.2 Å². The van der Waals surface area contributed by atoms with Crippen LogP contribution < -0.4 is 0 Å². The highest BCUT2D eigenvalue weighted by Crippen LogP contribution is 2.22. The molecule has 1 aromatic rings. The van der Waals surface area contributed by atoms with Gasteiger partial charge >= 0.3 is 5.97 Å². The minimum absolute atomic E-state index is 0.151. The van der Waals surface area contributed by atoms with Crippen molar-refractivity contribution in [3.05, 3.63) is 11.9 Å². The lowest BCUT2D eigenvalue weighted by Crippen LogP contribution is -2.46. The van der Waals surface area contributed by atoms with Gasteiger partial charge in [0.15, 0.2) is 0 Å². The first-order valence-electron chi connectivity index (χ1n) is 9.95. The average molecular weight is 377 g/mol. The highest BCUT2D eigenvalue weighted by Gasteiger charge is 2.32. The fourth-order valence-corrected chi connectivity index (χ4v) is 3.71. The Morgan fingerprint density at radius 3 is 2.74 bits per heavy atom. The number of carbonyl (C=O) groups excluding carboxylic acids is 2. The summed E-state index contributed by atoms with van der Waals surface area (Å²) in [4.78, 5) is 28.3. The van der Waals surface area contributed by atoms with Crippen LogP contribution in [0.4, 0.5) is 0 Å². The lowest BCUT2D eigenvalue weighted by molar-refractivity contribution is -0.163. The number of hydrogen-bond acceptors (Lipinski definition) is 6. The molecule has 1 amide bonds. The Labute approximate surface area is 160 Å². The second-order valence-electron chi connectivity index (χ2n) is 8.47. The van der Waals surface area contributed by atoms with Gasteiger partial charge in [-0.1, -0.05) is 11.6 Å². The number of aromatic nitrogens is 3. The summed E-state index contributed by atoms with van der Waals surface area (Å²) in [5.41, 5.74) is 0.370. The molecule has 0 aliphatic carbocycles. The normalized spacial score (nSPS) is 21.7. The Morgan fingerprint density at radius 2 is 2.04 bits per heavy atom. The molecule has 2 aliphatic rings. The number of carbonyl (C=O) groups is 2. The Bertz CT molecular complexity index is 667. The van der Waals surface area contributed by atoms with E-state index in [0.29, 0.717) is 26.1 Å². The fourth-order valence-electron chi connectivity index (χ4n) is 3.71. The van der Waals surface area contributed by atoms with Crippen LogP contribution in [0.5, 0.6) is 0 Å². The van der Waals surface area contributed by atoms with E-state index in [0.717, 1.165) is 44.5 Å². The second-order valence-corrected chi connectivity index (χ2v) is 8.47. The molecule has 1 aromatic heterocycles. The summed E-state index contributed by atoms with van der Waals surface area (Å²) in [6, 6.07) is -0.217. The molecule has 2 saturated heterocycles. The summed E-state index contributed by atoms with van der Waals surface area (Å²) in [7, 11) is 0. The molecule has 0 bridgehead atoms. The molecule has 8 heteroatoms. The highest BCUT2D eigenvalue weighted by atomic mass is 16.6. The number of likely N-dealkylation sites (tertiary alicyclic amines) is 2. The first-order chi connectivity index (χ1) is 12.8. The maximum atomic E-state index is 12.6. The molecular weight excluding hydrogens is 346 g/mol. The molecule has 1 unspecified atom stereocenters. The van der Waals surface area contributed by atoms with E-state index in [1.165, 1.54) is 0 Å². The van der Waals surface area contributed by atoms with Crippen molar-refractivity contribution in [1.82, 2.24) is 24.8 Å². The van der Waals surface area contributed by atoms with Crippen LogP contribution in [-0.2, 0) is 27.4 Å². The monoisotopic (exact) mass is 377 g/mol. The summed E-state index contributed by atoms with van der Waals surface area (Å²) in [5, 5.41) is 8.44. The molecule has 1 atom stereocenters. The number of ether oxygens (including phenoxy) is 1. The molecule has 2 aliphatic heterocycles. The fraction of sp³-hybridized carbons (Fsp3) is 0.789. The quantitative estimate of drug-likeness (QED) is 0.701. The Kier molecular flexibility index (Phi) is 6.14. The molecular formula is C19H31N5O3. The molecule has 3 rings (SSSR count). The highest BCUT2D eigenvalue weighted by molar-refractivity contribution is 5.78. The van der Waals surface area contributed by atoms with Gasteiger partial charge in [-0.2, -0.15) is 0 Å². The lowest BCUT2D eigenvalue weighted by atomic mass is 10.0. The van der Waals surface area contributed by atoms with Crippen molar-refractivity contribution in [1.29, 1.82) is 0 Å². The van der Waals surface area contributed by atoms with Gasteiger partial charge in [0.1, 0.15) is 11.6 Å². The first kappa shape index (κ1) is 19.8. The molecule has 0 radical (unpaired) electrons. The third kappa shape index (κ3) is 5.51. The summed E-state index contributed by atoms with van der Waals surface area (Å²) in [6.07, 6.45) is 6.45. The van der Waals surface area contributed by atoms with Crippen molar-refractivity contribution >= 4 is 11.9 Å². The third-order valence-corrected chi connectivity index (χ3v) is 5.01. The molecule has 0 N–H and O–H groups in total. The van der Waals surface area contributed by atoms with Gasteiger partial charge in [0, 0.05) is 32.3 Å². The van der Waals surface area contributed by atoms with Gasteiger partial charge in [-0.15, -0.1) is 5.10 Å². The first-order valence-corrected chi connectivity index (χ1v) is 9.95. The van der Waals surface area contributed by atoms with E-state index in [9.17, 15) is 9.59 Å². The van der Waals surface area contributed by atoms with Gasteiger partial charge in [0.2, 0.25) is 5.91 Å². The smallest absolute Gasteiger partial charge is 0.323 e. The predicted molar refractivity (Wildman–Crippen MR) is 99.7 cm³/mol. The van der Waals surface area contributed by atoms with Crippen LogP contribution in [0.3, 0.4) is 0 Å². The number of nitrogens with zero attached hydrogens (tertiary/aromatic N) is 5. The Balaban J connectivity index is 1.55. The summed E-state index contributed by atoms with van der Waals surface area (Å²) >= 11 is 0. The van der Waals surface area contributed by atoms with E-state index < -0.39 is 5.60 Å². The molecule has 0 aromatic carbocycles. The molecule has 0 saturated carbocycles. The standard InChI is InChI=1S/C19H31N5O3/c1-19(2,3)27-18(26)16-7-4-5-9-23(16)13-15-14-24(21-20-15)12-11-22-10-6-8-17(22)25/h14,16H,4-13H2,1-3H3. The molecule has 3 heterocycles. The maximum Gasteiger partial charge on any atom is 0.323 e. The van der Waals surface area contributed by atoms with Crippen molar-refractivity contribution < 1.29 is 14.3 Å². The lowest BCUT2D eigenvalue weighted by Gasteiger charge is -2.35. The number of esters is 1. The van der Waals surface area contributed by atoms with Crippen LogP contribution in [0.1, 0.15) is 58.6 Å². The summed E-state index contributed by atoms with van der Waals surface area (Å²) in [5.74, 6) is 0.0750. The minimum Gasteiger partial charge on any atom is -0.459 e. The van der Waals surface area contributed by atoms with E-state index >= 15 is 0 Å². The third-order valence-electron chi connectivity index (χ3n) is 5.01. The Morgan fingerprint density at radius 1 is 1.22 bits per heavy atom. The van der Waals surface area contributed by atoms with Crippen LogP contribution in [0, 0.1) is 0 Å². The van der Waals surface area contributed by atoms with E-state index in [4.69, 9.17) is 4.74 Å². The maximum absolute atomic E-state index is 12.6. The van der Waals surface area contributed by atoms with Gasteiger partial charge in [0.25, 0.3) is 0 Å².